The van der Waals surface area contributed by atoms with E-state index in [9.17, 15) is 4.79 Å². The normalized spacial score (nSPS) is 12.9. The zero-order valence-corrected chi connectivity index (χ0v) is 12.9. The molecule has 0 saturated heterocycles. The molecular formula is C16H26N2O. The van der Waals surface area contributed by atoms with Gasteiger partial charge in [-0.25, -0.2) is 0 Å². The molecule has 0 aliphatic carbocycles. The van der Waals surface area contributed by atoms with Crippen molar-refractivity contribution in [1.82, 2.24) is 5.32 Å². The van der Waals surface area contributed by atoms with Crippen molar-refractivity contribution < 1.29 is 4.79 Å². The Morgan fingerprint density at radius 3 is 2.47 bits per heavy atom. The van der Waals surface area contributed by atoms with E-state index in [-0.39, 0.29) is 11.3 Å². The number of anilines is 1. The first kappa shape index (κ1) is 15.5. The first-order chi connectivity index (χ1) is 8.75. The molecule has 2 N–H and O–H groups in total. The van der Waals surface area contributed by atoms with Crippen molar-refractivity contribution in [1.29, 1.82) is 0 Å². The summed E-state index contributed by atoms with van der Waals surface area (Å²) in [4.78, 5) is 12.2. The van der Waals surface area contributed by atoms with Crippen LogP contribution in [0.4, 0.5) is 5.69 Å². The van der Waals surface area contributed by atoms with E-state index in [0.717, 1.165) is 11.3 Å². The molecule has 3 nitrogen and oxygen atoms in total. The Morgan fingerprint density at radius 1 is 1.32 bits per heavy atom. The molecule has 0 saturated carbocycles. The van der Waals surface area contributed by atoms with Crippen LogP contribution < -0.4 is 10.6 Å². The largest absolute Gasteiger partial charge is 0.387 e. The summed E-state index contributed by atoms with van der Waals surface area (Å²) in [6.45, 7) is 11.4. The van der Waals surface area contributed by atoms with E-state index in [1.807, 2.05) is 32.2 Å². The van der Waals surface area contributed by atoms with E-state index in [1.54, 1.807) is 0 Å². The average Bonchev–Trinajstić information content (AvgIpc) is 2.33. The second-order valence-electron chi connectivity index (χ2n) is 6.28. The SMILES string of the molecule is CNc1cc(C)ccc1C(=O)NCC(C)C(C)(C)C. The Hall–Kier alpha value is -1.51. The van der Waals surface area contributed by atoms with Crippen molar-refractivity contribution in [2.24, 2.45) is 11.3 Å². The molecule has 1 unspecified atom stereocenters. The molecule has 1 atom stereocenters. The number of carbonyl (C=O) groups is 1. The summed E-state index contributed by atoms with van der Waals surface area (Å²) in [5, 5.41) is 6.09. The molecule has 1 rings (SSSR count). The van der Waals surface area contributed by atoms with Crippen LogP contribution in [-0.2, 0) is 0 Å². The van der Waals surface area contributed by atoms with Gasteiger partial charge in [-0.3, -0.25) is 4.79 Å². The van der Waals surface area contributed by atoms with Crippen molar-refractivity contribution in [2.75, 3.05) is 18.9 Å². The molecule has 0 heterocycles. The van der Waals surface area contributed by atoms with Gasteiger partial charge in [0.15, 0.2) is 0 Å². The van der Waals surface area contributed by atoms with Gasteiger partial charge >= 0.3 is 0 Å². The molecule has 0 aromatic heterocycles. The Balaban J connectivity index is 2.74. The standard InChI is InChI=1S/C16H26N2O/c1-11-7-8-13(14(9-11)17-6)15(19)18-10-12(2)16(3,4)5/h7-9,12,17H,10H2,1-6H3,(H,18,19). The van der Waals surface area contributed by atoms with Crippen LogP contribution in [0.2, 0.25) is 0 Å². The zero-order chi connectivity index (χ0) is 14.6. The summed E-state index contributed by atoms with van der Waals surface area (Å²) in [6.07, 6.45) is 0. The summed E-state index contributed by atoms with van der Waals surface area (Å²) in [7, 11) is 1.84. The molecule has 0 aliphatic rings. The highest BCUT2D eigenvalue weighted by atomic mass is 16.1. The van der Waals surface area contributed by atoms with Crippen LogP contribution in [0.1, 0.15) is 43.6 Å². The molecule has 106 valence electrons. The van der Waals surface area contributed by atoms with Gasteiger partial charge in [0, 0.05) is 19.3 Å². The lowest BCUT2D eigenvalue weighted by Gasteiger charge is -2.27. The highest BCUT2D eigenvalue weighted by Gasteiger charge is 2.21. The van der Waals surface area contributed by atoms with E-state index in [4.69, 9.17) is 0 Å². The third kappa shape index (κ3) is 4.27. The van der Waals surface area contributed by atoms with E-state index in [2.05, 4.69) is 38.3 Å². The number of amides is 1. The van der Waals surface area contributed by atoms with Gasteiger partial charge in [0.2, 0.25) is 0 Å². The van der Waals surface area contributed by atoms with Crippen LogP contribution in [0.5, 0.6) is 0 Å². The van der Waals surface area contributed by atoms with Gasteiger partial charge in [0.05, 0.1) is 5.56 Å². The first-order valence-electron chi connectivity index (χ1n) is 6.82. The topological polar surface area (TPSA) is 41.1 Å². The fourth-order valence-corrected chi connectivity index (χ4v) is 1.71. The summed E-state index contributed by atoms with van der Waals surface area (Å²) in [6, 6.07) is 5.82. The van der Waals surface area contributed by atoms with E-state index >= 15 is 0 Å². The lowest BCUT2D eigenvalue weighted by molar-refractivity contribution is 0.0938. The van der Waals surface area contributed by atoms with Crippen molar-refractivity contribution >= 4 is 11.6 Å². The maximum atomic E-state index is 12.2. The number of rotatable bonds is 4. The molecule has 0 spiro atoms. The van der Waals surface area contributed by atoms with Gasteiger partial charge in [0.1, 0.15) is 0 Å². The third-order valence-corrected chi connectivity index (χ3v) is 3.74. The minimum absolute atomic E-state index is 0.0135. The second kappa shape index (κ2) is 6.09. The van der Waals surface area contributed by atoms with Crippen LogP contribution in [0.25, 0.3) is 0 Å². The molecule has 19 heavy (non-hydrogen) atoms. The van der Waals surface area contributed by atoms with Gasteiger partial charge in [-0.15, -0.1) is 0 Å². The van der Waals surface area contributed by atoms with Crippen LogP contribution >= 0.6 is 0 Å². The van der Waals surface area contributed by atoms with Crippen LogP contribution in [0.3, 0.4) is 0 Å². The second-order valence-corrected chi connectivity index (χ2v) is 6.28. The molecule has 3 heteroatoms. The lowest BCUT2D eigenvalue weighted by atomic mass is 9.82. The smallest absolute Gasteiger partial charge is 0.253 e. The van der Waals surface area contributed by atoms with Crippen LogP contribution in [0.15, 0.2) is 18.2 Å². The summed E-state index contributed by atoms with van der Waals surface area (Å²) in [5.74, 6) is 0.417. The minimum atomic E-state index is -0.0135. The van der Waals surface area contributed by atoms with E-state index in [0.29, 0.717) is 18.0 Å². The molecule has 1 aromatic rings. The van der Waals surface area contributed by atoms with Gasteiger partial charge < -0.3 is 10.6 Å². The Labute approximate surface area is 116 Å². The number of hydrogen-bond acceptors (Lipinski definition) is 2. The number of aryl methyl sites for hydroxylation is 1. The fraction of sp³-hybridized carbons (Fsp3) is 0.562. The van der Waals surface area contributed by atoms with Crippen molar-refractivity contribution in [3.8, 4) is 0 Å². The maximum absolute atomic E-state index is 12.2. The molecule has 0 aliphatic heterocycles. The van der Waals surface area contributed by atoms with E-state index in [1.165, 1.54) is 0 Å². The number of carbonyl (C=O) groups excluding carboxylic acids is 1. The Bertz CT molecular complexity index is 447. The molecule has 0 bridgehead atoms. The van der Waals surface area contributed by atoms with Crippen LogP contribution in [-0.4, -0.2) is 19.5 Å². The summed E-state index contributed by atoms with van der Waals surface area (Å²) < 4.78 is 0. The van der Waals surface area contributed by atoms with Gasteiger partial charge in [-0.1, -0.05) is 33.8 Å². The highest BCUT2D eigenvalue weighted by molar-refractivity contribution is 5.99. The Morgan fingerprint density at radius 2 is 1.95 bits per heavy atom. The molecule has 1 aromatic carbocycles. The number of nitrogens with one attached hydrogen (secondary N) is 2. The molecule has 1 amide bonds. The monoisotopic (exact) mass is 262 g/mol. The number of benzene rings is 1. The van der Waals surface area contributed by atoms with E-state index < -0.39 is 0 Å². The average molecular weight is 262 g/mol. The van der Waals surface area contributed by atoms with Gasteiger partial charge in [0.25, 0.3) is 5.91 Å². The third-order valence-electron chi connectivity index (χ3n) is 3.74. The molecule has 0 fully saturated rings. The fourth-order valence-electron chi connectivity index (χ4n) is 1.71. The van der Waals surface area contributed by atoms with Crippen molar-refractivity contribution in [2.45, 2.75) is 34.6 Å². The van der Waals surface area contributed by atoms with Crippen molar-refractivity contribution in [3.63, 3.8) is 0 Å². The zero-order valence-electron chi connectivity index (χ0n) is 12.9. The first-order valence-corrected chi connectivity index (χ1v) is 6.82. The number of hydrogen-bond donors (Lipinski definition) is 2. The molecular weight excluding hydrogens is 236 g/mol. The quantitative estimate of drug-likeness (QED) is 0.872. The minimum Gasteiger partial charge on any atom is -0.387 e. The highest BCUT2D eigenvalue weighted by Crippen LogP contribution is 2.24. The maximum Gasteiger partial charge on any atom is 0.253 e. The predicted molar refractivity (Wildman–Crippen MR) is 81.7 cm³/mol. The van der Waals surface area contributed by atoms with Crippen LogP contribution in [0, 0.1) is 18.3 Å². The lowest BCUT2D eigenvalue weighted by Crippen LogP contribution is -2.34. The van der Waals surface area contributed by atoms with Gasteiger partial charge in [-0.05, 0) is 36.0 Å². The summed E-state index contributed by atoms with van der Waals surface area (Å²) >= 11 is 0. The van der Waals surface area contributed by atoms with Gasteiger partial charge in [-0.2, -0.15) is 0 Å². The summed E-state index contributed by atoms with van der Waals surface area (Å²) in [5.41, 5.74) is 2.92. The Kier molecular flexibility index (Phi) is 4.98. The molecule has 0 radical (unpaired) electrons. The predicted octanol–water partition coefficient (Wildman–Crippen LogP) is 3.45. The van der Waals surface area contributed by atoms with Crippen molar-refractivity contribution in [3.05, 3.63) is 29.3 Å².